The van der Waals surface area contributed by atoms with Gasteiger partial charge in [0, 0.05) is 18.0 Å². The van der Waals surface area contributed by atoms with E-state index in [0.717, 1.165) is 5.69 Å². The molecule has 0 aliphatic carbocycles. The lowest BCUT2D eigenvalue weighted by Gasteiger charge is -2.03. The average Bonchev–Trinajstić information content (AvgIpc) is 3.18. The van der Waals surface area contributed by atoms with E-state index in [2.05, 4.69) is 11.6 Å². The van der Waals surface area contributed by atoms with Gasteiger partial charge in [-0.05, 0) is 18.2 Å². The van der Waals surface area contributed by atoms with Crippen LogP contribution in [0.1, 0.15) is 0 Å². The monoisotopic (exact) mass is 327 g/mol. The molecule has 0 fully saturated rings. The van der Waals surface area contributed by atoms with Crippen LogP contribution in [0.4, 0.5) is 11.4 Å². The van der Waals surface area contributed by atoms with Crippen molar-refractivity contribution in [3.05, 3.63) is 75.6 Å². The minimum absolute atomic E-state index is 0.0226. The summed E-state index contributed by atoms with van der Waals surface area (Å²) in [6.07, 6.45) is 3.35. The van der Waals surface area contributed by atoms with Gasteiger partial charge in [-0.1, -0.05) is 18.2 Å². The highest BCUT2D eigenvalue weighted by molar-refractivity contribution is 7.07. The van der Waals surface area contributed by atoms with Crippen LogP contribution in [0.2, 0.25) is 0 Å². The molecule has 0 aliphatic rings. The molecule has 0 radical (unpaired) electrons. The smallest absolute Gasteiger partial charge is 0.294 e. The van der Waals surface area contributed by atoms with Gasteiger partial charge in [-0.15, -0.1) is 17.9 Å². The van der Waals surface area contributed by atoms with Crippen LogP contribution in [0.15, 0.2) is 70.1 Å². The Bertz CT molecular complexity index is 907. The number of nitrogens with zero attached hydrogens (tertiary/aromatic N) is 3. The molecule has 0 spiro atoms. The molecule has 0 saturated heterocycles. The molecule has 0 unspecified atom stereocenters. The predicted octanol–water partition coefficient (Wildman–Crippen LogP) is 4.14. The quantitative estimate of drug-likeness (QED) is 0.401. The van der Waals surface area contributed by atoms with Gasteiger partial charge < -0.3 is 8.98 Å². The molecule has 0 aliphatic heterocycles. The van der Waals surface area contributed by atoms with Crippen molar-refractivity contribution in [1.29, 1.82) is 0 Å². The highest BCUT2D eigenvalue weighted by Crippen LogP contribution is 2.26. The fraction of sp³-hybridized carbons (Fsp3) is 0.0625. The van der Waals surface area contributed by atoms with Crippen LogP contribution in [0, 0.1) is 10.1 Å². The normalized spacial score (nSPS) is 11.6. The van der Waals surface area contributed by atoms with Gasteiger partial charge in [-0.3, -0.25) is 10.1 Å². The predicted molar refractivity (Wildman–Crippen MR) is 88.5 cm³/mol. The zero-order chi connectivity index (χ0) is 16.2. The minimum atomic E-state index is -0.433. The number of aromatic nitrogens is 1. The summed E-state index contributed by atoms with van der Waals surface area (Å²) in [6, 6.07) is 10.1. The Kier molecular flexibility index (Phi) is 4.20. The first-order valence-corrected chi connectivity index (χ1v) is 7.70. The number of allylic oxidation sites excluding steroid dienone is 1. The van der Waals surface area contributed by atoms with E-state index in [1.807, 2.05) is 22.1 Å². The summed E-state index contributed by atoms with van der Waals surface area (Å²) < 4.78 is 7.34. The number of rotatable bonds is 5. The van der Waals surface area contributed by atoms with Gasteiger partial charge in [-0.2, -0.15) is 0 Å². The van der Waals surface area contributed by atoms with Gasteiger partial charge in [0.15, 0.2) is 10.6 Å². The number of para-hydroxylation sites is 2. The summed E-state index contributed by atoms with van der Waals surface area (Å²) >= 11 is 1.40. The molecule has 23 heavy (non-hydrogen) atoms. The van der Waals surface area contributed by atoms with Crippen LogP contribution in [0.25, 0.3) is 11.5 Å². The van der Waals surface area contributed by atoms with Crippen LogP contribution in [0.3, 0.4) is 0 Å². The van der Waals surface area contributed by atoms with E-state index >= 15 is 0 Å². The Hall–Kier alpha value is -2.93. The molecule has 0 atom stereocenters. The molecule has 1 aromatic carbocycles. The molecule has 0 amide bonds. The standard InChI is InChI=1S/C16H13N3O3S/c1-2-9-18-14(15-8-5-10-22-15)11-23-16(18)17-12-6-3-4-7-13(12)19(20)21/h2-8,10-11H,1,9H2. The third-order valence-corrected chi connectivity index (χ3v) is 4.04. The second kappa shape index (κ2) is 6.45. The summed E-state index contributed by atoms with van der Waals surface area (Å²) in [4.78, 5) is 15.8. The van der Waals surface area contributed by atoms with Gasteiger partial charge in [0.05, 0.1) is 16.9 Å². The van der Waals surface area contributed by atoms with E-state index in [9.17, 15) is 10.1 Å². The van der Waals surface area contributed by atoms with E-state index in [-0.39, 0.29) is 5.69 Å². The Morgan fingerprint density at radius 3 is 2.87 bits per heavy atom. The summed E-state index contributed by atoms with van der Waals surface area (Å²) in [5, 5.41) is 13.0. The molecule has 3 aromatic rings. The van der Waals surface area contributed by atoms with Crippen molar-refractivity contribution in [1.82, 2.24) is 4.57 Å². The molecule has 116 valence electrons. The number of benzene rings is 1. The zero-order valence-corrected chi connectivity index (χ0v) is 12.9. The average molecular weight is 327 g/mol. The van der Waals surface area contributed by atoms with E-state index in [1.54, 1.807) is 30.5 Å². The van der Waals surface area contributed by atoms with Gasteiger partial charge in [0.25, 0.3) is 5.69 Å². The zero-order valence-electron chi connectivity index (χ0n) is 12.1. The van der Waals surface area contributed by atoms with E-state index in [4.69, 9.17) is 4.42 Å². The Morgan fingerprint density at radius 1 is 1.35 bits per heavy atom. The van der Waals surface area contributed by atoms with Crippen LogP contribution in [0.5, 0.6) is 0 Å². The molecule has 0 saturated carbocycles. The van der Waals surface area contributed by atoms with E-state index < -0.39 is 4.92 Å². The van der Waals surface area contributed by atoms with Gasteiger partial charge in [0.2, 0.25) is 0 Å². The second-order valence-electron chi connectivity index (χ2n) is 4.64. The first-order chi connectivity index (χ1) is 11.2. The van der Waals surface area contributed by atoms with Gasteiger partial charge in [0.1, 0.15) is 5.69 Å². The Balaban J connectivity index is 2.17. The van der Waals surface area contributed by atoms with Crippen LogP contribution in [-0.2, 0) is 6.54 Å². The van der Waals surface area contributed by atoms with Gasteiger partial charge >= 0.3 is 0 Å². The number of nitro benzene ring substituents is 1. The summed E-state index contributed by atoms with van der Waals surface area (Å²) in [6.45, 7) is 4.28. The molecule has 0 bridgehead atoms. The van der Waals surface area contributed by atoms with Crippen LogP contribution < -0.4 is 4.80 Å². The third-order valence-electron chi connectivity index (χ3n) is 3.18. The van der Waals surface area contributed by atoms with Crippen molar-refractivity contribution in [2.75, 3.05) is 0 Å². The molecular formula is C16H13N3O3S. The highest BCUT2D eigenvalue weighted by Gasteiger charge is 2.13. The van der Waals surface area contributed by atoms with Crippen molar-refractivity contribution in [3.8, 4) is 11.5 Å². The number of nitro groups is 1. The lowest BCUT2D eigenvalue weighted by atomic mass is 10.3. The largest absolute Gasteiger partial charge is 0.463 e. The highest BCUT2D eigenvalue weighted by atomic mass is 32.1. The van der Waals surface area contributed by atoms with Crippen molar-refractivity contribution in [3.63, 3.8) is 0 Å². The molecule has 3 rings (SSSR count). The van der Waals surface area contributed by atoms with Crippen molar-refractivity contribution in [2.24, 2.45) is 4.99 Å². The Morgan fingerprint density at radius 2 is 2.17 bits per heavy atom. The molecule has 7 heteroatoms. The van der Waals surface area contributed by atoms with Crippen molar-refractivity contribution < 1.29 is 9.34 Å². The van der Waals surface area contributed by atoms with E-state index in [0.29, 0.717) is 22.8 Å². The lowest BCUT2D eigenvalue weighted by Crippen LogP contribution is -2.14. The fourth-order valence-corrected chi connectivity index (χ4v) is 3.07. The minimum Gasteiger partial charge on any atom is -0.463 e. The first-order valence-electron chi connectivity index (χ1n) is 6.82. The maximum absolute atomic E-state index is 11.1. The van der Waals surface area contributed by atoms with Crippen molar-refractivity contribution in [2.45, 2.75) is 6.54 Å². The summed E-state index contributed by atoms with van der Waals surface area (Å²) in [5.74, 6) is 0.715. The number of furan rings is 1. The SMILES string of the molecule is C=CCn1c(-c2ccco2)csc1=Nc1ccccc1[N+](=O)[O-]. The third kappa shape index (κ3) is 3.00. The first kappa shape index (κ1) is 15.0. The maximum atomic E-state index is 11.1. The van der Waals surface area contributed by atoms with Crippen molar-refractivity contribution >= 4 is 22.7 Å². The topological polar surface area (TPSA) is 73.6 Å². The number of hydrogen-bond acceptors (Lipinski definition) is 5. The molecule has 2 aromatic heterocycles. The fourth-order valence-electron chi connectivity index (χ4n) is 2.16. The number of hydrogen-bond donors (Lipinski definition) is 0. The Labute approximate surface area is 135 Å². The number of thiazole rings is 1. The van der Waals surface area contributed by atoms with E-state index in [1.165, 1.54) is 17.4 Å². The summed E-state index contributed by atoms with van der Waals surface area (Å²) in [5.41, 5.74) is 1.16. The van der Waals surface area contributed by atoms with Crippen LogP contribution in [-0.4, -0.2) is 9.49 Å². The second-order valence-corrected chi connectivity index (χ2v) is 5.47. The maximum Gasteiger partial charge on any atom is 0.294 e. The summed E-state index contributed by atoms with van der Waals surface area (Å²) in [7, 11) is 0. The molecule has 6 nitrogen and oxygen atoms in total. The molecular weight excluding hydrogens is 314 g/mol. The lowest BCUT2D eigenvalue weighted by molar-refractivity contribution is -0.384. The van der Waals surface area contributed by atoms with Gasteiger partial charge in [-0.25, -0.2) is 4.99 Å². The molecule has 2 heterocycles. The molecule has 0 N–H and O–H groups in total. The van der Waals surface area contributed by atoms with Crippen LogP contribution >= 0.6 is 11.3 Å².